The third-order valence-corrected chi connectivity index (χ3v) is 4.76. The van der Waals surface area contributed by atoms with Crippen LogP contribution >= 0.6 is 0 Å². The number of anilines is 1. The summed E-state index contributed by atoms with van der Waals surface area (Å²) in [7, 11) is 0. The lowest BCUT2D eigenvalue weighted by Gasteiger charge is -2.38. The average Bonchev–Trinajstić information content (AvgIpc) is 3.11. The molecule has 1 saturated heterocycles. The fraction of sp³-hybridized carbons (Fsp3) is 0.278. The van der Waals surface area contributed by atoms with E-state index in [2.05, 4.69) is 33.2 Å². The summed E-state index contributed by atoms with van der Waals surface area (Å²) in [5, 5.41) is 14.1. The first-order valence-electron chi connectivity index (χ1n) is 7.82. The van der Waals surface area contributed by atoms with Crippen molar-refractivity contribution in [3.05, 3.63) is 60.6 Å². The molecule has 4 rings (SSSR count). The first-order valence-corrected chi connectivity index (χ1v) is 7.82. The summed E-state index contributed by atoms with van der Waals surface area (Å²) in [6.07, 6.45) is 7.04. The van der Waals surface area contributed by atoms with Crippen molar-refractivity contribution in [3.8, 4) is 6.07 Å². The van der Waals surface area contributed by atoms with E-state index in [1.54, 1.807) is 12.4 Å². The van der Waals surface area contributed by atoms with Gasteiger partial charge in [-0.3, -0.25) is 0 Å². The van der Waals surface area contributed by atoms with E-state index in [1.165, 1.54) is 0 Å². The van der Waals surface area contributed by atoms with E-state index in [9.17, 15) is 5.26 Å². The number of hydrogen-bond donors (Lipinski definition) is 0. The molecule has 0 N–H and O–H groups in total. The van der Waals surface area contributed by atoms with Gasteiger partial charge in [0.2, 0.25) is 0 Å². The zero-order valence-corrected chi connectivity index (χ0v) is 12.8. The van der Waals surface area contributed by atoms with Gasteiger partial charge in [-0.1, -0.05) is 30.3 Å². The highest BCUT2D eigenvalue weighted by Crippen LogP contribution is 2.36. The Morgan fingerprint density at radius 3 is 2.57 bits per heavy atom. The van der Waals surface area contributed by atoms with Crippen molar-refractivity contribution in [1.29, 1.82) is 5.26 Å². The Hall–Kier alpha value is -2.87. The zero-order valence-electron chi connectivity index (χ0n) is 12.8. The van der Waals surface area contributed by atoms with Crippen LogP contribution in [0.25, 0.3) is 5.52 Å². The van der Waals surface area contributed by atoms with E-state index < -0.39 is 0 Å². The molecule has 1 aliphatic rings. The van der Waals surface area contributed by atoms with E-state index in [0.29, 0.717) is 0 Å². The summed E-state index contributed by atoms with van der Waals surface area (Å²) in [5.74, 6) is 0.949. The third-order valence-electron chi connectivity index (χ3n) is 4.76. The number of aromatic nitrogens is 3. The van der Waals surface area contributed by atoms with E-state index in [-0.39, 0.29) is 5.41 Å². The lowest BCUT2D eigenvalue weighted by molar-refractivity contribution is 0.414. The molecule has 114 valence electrons. The van der Waals surface area contributed by atoms with Gasteiger partial charge in [-0.05, 0) is 24.5 Å². The molecule has 3 aromatic rings. The molecule has 5 nitrogen and oxygen atoms in total. The Bertz CT molecular complexity index is 854. The molecule has 23 heavy (non-hydrogen) atoms. The Morgan fingerprint density at radius 2 is 1.83 bits per heavy atom. The van der Waals surface area contributed by atoms with Crippen LogP contribution in [0.1, 0.15) is 18.4 Å². The molecule has 3 heterocycles. The molecule has 0 spiro atoms. The summed E-state index contributed by atoms with van der Waals surface area (Å²) >= 11 is 0. The van der Waals surface area contributed by atoms with Crippen LogP contribution in [0.15, 0.2) is 55.0 Å². The number of nitriles is 1. The number of hydrogen-bond acceptors (Lipinski definition) is 4. The van der Waals surface area contributed by atoms with Crippen LogP contribution in [0.3, 0.4) is 0 Å². The normalized spacial score (nSPS) is 17.1. The van der Waals surface area contributed by atoms with Crippen molar-refractivity contribution in [2.24, 2.45) is 0 Å². The van der Waals surface area contributed by atoms with Gasteiger partial charge in [0.1, 0.15) is 5.52 Å². The Balaban J connectivity index is 1.62. The maximum absolute atomic E-state index is 9.79. The zero-order chi connectivity index (χ0) is 15.7. The van der Waals surface area contributed by atoms with Crippen LogP contribution in [-0.2, 0) is 5.41 Å². The SMILES string of the molecule is N#CC1(c2ccccc2)CCN(c2nccn3nccc23)CC1. The minimum atomic E-state index is -0.386. The highest BCUT2D eigenvalue weighted by molar-refractivity contribution is 5.68. The minimum absolute atomic E-state index is 0.386. The van der Waals surface area contributed by atoms with Crippen molar-refractivity contribution in [1.82, 2.24) is 14.6 Å². The molecule has 2 aromatic heterocycles. The van der Waals surface area contributed by atoms with Gasteiger partial charge in [-0.25, -0.2) is 9.50 Å². The van der Waals surface area contributed by atoms with Crippen LogP contribution in [-0.4, -0.2) is 27.7 Å². The molecule has 0 amide bonds. The predicted octanol–water partition coefficient (Wildman–Crippen LogP) is 2.79. The topological polar surface area (TPSA) is 57.2 Å². The fourth-order valence-corrected chi connectivity index (χ4v) is 3.41. The Morgan fingerprint density at radius 1 is 1.04 bits per heavy atom. The summed E-state index contributed by atoms with van der Waals surface area (Å²) < 4.78 is 1.84. The van der Waals surface area contributed by atoms with E-state index >= 15 is 0 Å². The summed E-state index contributed by atoms with van der Waals surface area (Å²) in [4.78, 5) is 6.79. The van der Waals surface area contributed by atoms with E-state index in [0.717, 1.165) is 42.8 Å². The summed E-state index contributed by atoms with van der Waals surface area (Å²) in [6.45, 7) is 1.64. The number of nitrogens with zero attached hydrogens (tertiary/aromatic N) is 5. The lowest BCUT2D eigenvalue weighted by atomic mass is 9.74. The highest BCUT2D eigenvalue weighted by atomic mass is 15.3. The molecule has 0 aliphatic carbocycles. The van der Waals surface area contributed by atoms with Crippen LogP contribution in [0.2, 0.25) is 0 Å². The molecule has 0 bridgehead atoms. The highest BCUT2D eigenvalue weighted by Gasteiger charge is 2.37. The van der Waals surface area contributed by atoms with Gasteiger partial charge >= 0.3 is 0 Å². The smallest absolute Gasteiger partial charge is 0.154 e. The molecule has 1 aromatic carbocycles. The van der Waals surface area contributed by atoms with Gasteiger partial charge in [0, 0.05) is 25.5 Å². The van der Waals surface area contributed by atoms with Crippen LogP contribution < -0.4 is 4.90 Å². The number of fused-ring (bicyclic) bond motifs is 1. The Kier molecular flexibility index (Phi) is 3.23. The van der Waals surface area contributed by atoms with Gasteiger partial charge in [0.15, 0.2) is 5.82 Å². The van der Waals surface area contributed by atoms with Gasteiger partial charge in [0.25, 0.3) is 0 Å². The molecule has 5 heteroatoms. The summed E-state index contributed by atoms with van der Waals surface area (Å²) in [5.41, 5.74) is 1.75. The molecule has 1 fully saturated rings. The second kappa shape index (κ2) is 5.40. The quantitative estimate of drug-likeness (QED) is 0.730. The van der Waals surface area contributed by atoms with Crippen molar-refractivity contribution >= 4 is 11.3 Å². The van der Waals surface area contributed by atoms with Crippen molar-refractivity contribution in [2.45, 2.75) is 18.3 Å². The predicted molar refractivity (Wildman–Crippen MR) is 88.2 cm³/mol. The standard InChI is InChI=1S/C18H17N5/c19-14-18(15-4-2-1-3-5-15)7-11-22(12-8-18)17-16-6-9-21-23(16)13-10-20-17/h1-6,9-10,13H,7-8,11-12H2. The molecule has 0 unspecified atom stereocenters. The maximum atomic E-state index is 9.79. The van der Waals surface area contributed by atoms with Crippen LogP contribution in [0.5, 0.6) is 0 Å². The number of rotatable bonds is 2. The second-order valence-electron chi connectivity index (χ2n) is 5.96. The molecule has 0 saturated carbocycles. The van der Waals surface area contributed by atoms with Crippen LogP contribution in [0, 0.1) is 11.3 Å². The molecule has 0 atom stereocenters. The van der Waals surface area contributed by atoms with Crippen molar-refractivity contribution in [2.75, 3.05) is 18.0 Å². The maximum Gasteiger partial charge on any atom is 0.154 e. The van der Waals surface area contributed by atoms with Crippen LogP contribution in [0.4, 0.5) is 5.82 Å². The largest absolute Gasteiger partial charge is 0.355 e. The number of benzene rings is 1. The lowest BCUT2D eigenvalue weighted by Crippen LogP contribution is -2.42. The monoisotopic (exact) mass is 303 g/mol. The van der Waals surface area contributed by atoms with Gasteiger partial charge in [-0.15, -0.1) is 0 Å². The van der Waals surface area contributed by atoms with Gasteiger partial charge in [0.05, 0.1) is 17.7 Å². The first-order chi connectivity index (χ1) is 11.3. The molecule has 0 radical (unpaired) electrons. The Labute approximate surface area is 134 Å². The molecule has 1 aliphatic heterocycles. The minimum Gasteiger partial charge on any atom is -0.355 e. The fourth-order valence-electron chi connectivity index (χ4n) is 3.41. The number of piperidine rings is 1. The summed E-state index contributed by atoms with van der Waals surface area (Å²) in [6, 6.07) is 14.7. The van der Waals surface area contributed by atoms with E-state index in [1.807, 2.05) is 35.0 Å². The van der Waals surface area contributed by atoms with Gasteiger partial charge < -0.3 is 4.90 Å². The molecular weight excluding hydrogens is 286 g/mol. The van der Waals surface area contributed by atoms with E-state index in [4.69, 9.17) is 0 Å². The average molecular weight is 303 g/mol. The second-order valence-corrected chi connectivity index (χ2v) is 5.96. The molecular formula is C18H17N5. The van der Waals surface area contributed by atoms with Crippen molar-refractivity contribution in [3.63, 3.8) is 0 Å². The first kappa shape index (κ1) is 13.8. The third kappa shape index (κ3) is 2.23. The van der Waals surface area contributed by atoms with Gasteiger partial charge in [-0.2, -0.15) is 10.4 Å². The van der Waals surface area contributed by atoms with Crippen molar-refractivity contribution < 1.29 is 0 Å².